The van der Waals surface area contributed by atoms with Gasteiger partial charge in [0.25, 0.3) is 0 Å². The average molecular weight is 452 g/mol. The minimum atomic E-state index is -4.56. The van der Waals surface area contributed by atoms with Gasteiger partial charge in [-0.2, -0.15) is 13.2 Å². The number of aromatic nitrogens is 3. The first-order valence-corrected chi connectivity index (χ1v) is 11.8. The summed E-state index contributed by atoms with van der Waals surface area (Å²) in [5.41, 5.74) is -0.896. The second kappa shape index (κ2) is 7.69. The summed E-state index contributed by atoms with van der Waals surface area (Å²) in [6.45, 7) is -0.0773. The molecule has 0 N–H and O–H groups in total. The van der Waals surface area contributed by atoms with E-state index in [-0.39, 0.29) is 36.7 Å². The van der Waals surface area contributed by atoms with Crippen molar-refractivity contribution in [2.45, 2.75) is 35.2 Å². The van der Waals surface area contributed by atoms with Gasteiger partial charge in [-0.25, -0.2) is 21.1 Å². The van der Waals surface area contributed by atoms with E-state index < -0.39 is 42.6 Å². The highest BCUT2D eigenvalue weighted by atomic mass is 32.2. The van der Waals surface area contributed by atoms with Crippen molar-refractivity contribution in [1.29, 1.82) is 0 Å². The second-order valence-electron chi connectivity index (χ2n) is 6.82. The molecular weight excluding hydrogens is 433 g/mol. The van der Waals surface area contributed by atoms with Crippen molar-refractivity contribution in [3.05, 3.63) is 41.7 Å². The Morgan fingerprint density at radius 3 is 2.34 bits per heavy atom. The number of aryl methyl sites for hydroxylation is 1. The van der Waals surface area contributed by atoms with E-state index in [0.717, 1.165) is 22.5 Å². The number of nitrogens with zero attached hydrogens (tertiary/aromatic N) is 4. The van der Waals surface area contributed by atoms with Gasteiger partial charge in [-0.3, -0.25) is 0 Å². The lowest BCUT2D eigenvalue weighted by Gasteiger charge is -2.30. The molecule has 1 aliphatic rings. The highest BCUT2D eigenvalue weighted by molar-refractivity contribution is 7.92. The third kappa shape index (κ3) is 4.61. The summed E-state index contributed by atoms with van der Waals surface area (Å²) in [6, 6.07) is 4.16. The molecule has 0 bridgehead atoms. The molecule has 0 atom stereocenters. The molecule has 2 aromatic rings. The van der Waals surface area contributed by atoms with E-state index in [1.54, 1.807) is 0 Å². The van der Waals surface area contributed by atoms with Crippen LogP contribution in [0.2, 0.25) is 0 Å². The Morgan fingerprint density at radius 1 is 1.14 bits per heavy atom. The van der Waals surface area contributed by atoms with Gasteiger partial charge < -0.3 is 4.57 Å². The van der Waals surface area contributed by atoms with Crippen LogP contribution in [-0.4, -0.2) is 54.2 Å². The Bertz CT molecular complexity index is 1090. The fourth-order valence-electron chi connectivity index (χ4n) is 3.24. The number of alkyl halides is 3. The first kappa shape index (κ1) is 21.7. The van der Waals surface area contributed by atoms with Gasteiger partial charge in [0.2, 0.25) is 25.0 Å². The quantitative estimate of drug-likeness (QED) is 0.683. The fraction of sp³-hybridized carbons (Fsp3) is 0.500. The molecule has 0 spiro atoms. The molecule has 1 aromatic heterocycles. The number of hydrogen-bond acceptors (Lipinski definition) is 6. The minimum absolute atomic E-state index is 0.0219. The van der Waals surface area contributed by atoms with Crippen LogP contribution in [0.5, 0.6) is 0 Å². The largest absolute Gasteiger partial charge is 0.416 e. The lowest BCUT2D eigenvalue weighted by Crippen LogP contribution is -2.43. The predicted octanol–water partition coefficient (Wildman–Crippen LogP) is 1.60. The molecule has 29 heavy (non-hydrogen) atoms. The predicted molar refractivity (Wildman–Crippen MR) is 96.9 cm³/mol. The van der Waals surface area contributed by atoms with Crippen LogP contribution in [0.3, 0.4) is 0 Å². The summed E-state index contributed by atoms with van der Waals surface area (Å²) in [6.07, 6.45) is -3.16. The van der Waals surface area contributed by atoms with Crippen LogP contribution in [-0.2, 0) is 38.8 Å². The maximum atomic E-state index is 12.8. The third-order valence-electron chi connectivity index (χ3n) is 4.76. The number of sulfonamides is 1. The van der Waals surface area contributed by atoms with Crippen LogP contribution in [0, 0.1) is 0 Å². The van der Waals surface area contributed by atoms with E-state index >= 15 is 0 Å². The molecule has 0 aliphatic carbocycles. The Morgan fingerprint density at radius 2 is 1.79 bits per heavy atom. The second-order valence-corrected chi connectivity index (χ2v) is 10.9. The molecule has 1 saturated heterocycles. The van der Waals surface area contributed by atoms with Crippen molar-refractivity contribution in [1.82, 2.24) is 19.1 Å². The van der Waals surface area contributed by atoms with Crippen LogP contribution >= 0.6 is 0 Å². The molecule has 13 heteroatoms. The molecule has 1 aliphatic heterocycles. The summed E-state index contributed by atoms with van der Waals surface area (Å²) in [5.74, 6) is -0.586. The molecule has 0 amide bonds. The van der Waals surface area contributed by atoms with Crippen molar-refractivity contribution in [2.75, 3.05) is 13.1 Å². The maximum absolute atomic E-state index is 12.8. The van der Waals surface area contributed by atoms with E-state index in [0.29, 0.717) is 0 Å². The molecular formula is C16H19F3N4O4S2. The summed E-state index contributed by atoms with van der Waals surface area (Å²) in [5, 5.41) is 6.19. The molecule has 8 nitrogen and oxygen atoms in total. The van der Waals surface area contributed by atoms with Gasteiger partial charge in [0.15, 0.2) is 0 Å². The Kier molecular flexibility index (Phi) is 5.75. The number of rotatable bonds is 5. The zero-order valence-electron chi connectivity index (χ0n) is 15.4. The Balaban J connectivity index is 1.70. The standard InChI is InChI=1S/C16H19F3N4O4S2/c1-22-11-20-21-15(22)29(26,27)14-5-7-23(8-6-14)28(24,25)10-12-3-2-4-13(9-12)16(17,18)19/h2-4,9,11,14H,5-8,10H2,1H3. The molecule has 0 radical (unpaired) electrons. The SMILES string of the molecule is Cn1cnnc1S(=O)(=O)C1CCN(S(=O)(=O)Cc2cccc(C(F)(F)F)c2)CC1. The van der Waals surface area contributed by atoms with Gasteiger partial charge in [-0.05, 0) is 24.5 Å². The summed E-state index contributed by atoms with van der Waals surface area (Å²) >= 11 is 0. The first-order valence-electron chi connectivity index (χ1n) is 8.63. The molecule has 160 valence electrons. The van der Waals surface area contributed by atoms with Gasteiger partial charge in [-0.1, -0.05) is 18.2 Å². The number of hydrogen-bond donors (Lipinski definition) is 0. The van der Waals surface area contributed by atoms with Gasteiger partial charge in [0.05, 0.1) is 16.6 Å². The zero-order chi connectivity index (χ0) is 21.4. The molecule has 0 saturated carbocycles. The van der Waals surface area contributed by atoms with Crippen molar-refractivity contribution in [2.24, 2.45) is 7.05 Å². The van der Waals surface area contributed by atoms with Crippen molar-refractivity contribution in [3.63, 3.8) is 0 Å². The smallest absolute Gasteiger partial charge is 0.308 e. The molecule has 0 unspecified atom stereocenters. The lowest BCUT2D eigenvalue weighted by molar-refractivity contribution is -0.137. The number of sulfone groups is 1. The lowest BCUT2D eigenvalue weighted by atomic mass is 10.1. The minimum Gasteiger partial charge on any atom is -0.308 e. The van der Waals surface area contributed by atoms with E-state index in [4.69, 9.17) is 0 Å². The molecule has 3 rings (SSSR count). The molecule has 1 aromatic carbocycles. The van der Waals surface area contributed by atoms with Gasteiger partial charge in [0.1, 0.15) is 6.33 Å². The summed E-state index contributed by atoms with van der Waals surface area (Å²) in [4.78, 5) is 0. The monoisotopic (exact) mass is 452 g/mol. The van der Waals surface area contributed by atoms with Gasteiger partial charge in [-0.15, -0.1) is 10.2 Å². The number of halogens is 3. The van der Waals surface area contributed by atoms with E-state index in [1.165, 1.54) is 24.0 Å². The molecule has 2 heterocycles. The van der Waals surface area contributed by atoms with E-state index in [9.17, 15) is 30.0 Å². The van der Waals surface area contributed by atoms with Crippen LogP contribution in [0.15, 0.2) is 35.7 Å². The van der Waals surface area contributed by atoms with Gasteiger partial charge >= 0.3 is 6.18 Å². The zero-order valence-corrected chi connectivity index (χ0v) is 17.0. The third-order valence-corrected chi connectivity index (χ3v) is 8.84. The van der Waals surface area contributed by atoms with Crippen molar-refractivity contribution in [3.8, 4) is 0 Å². The van der Waals surface area contributed by atoms with Crippen LogP contribution < -0.4 is 0 Å². The van der Waals surface area contributed by atoms with Crippen LogP contribution in [0.25, 0.3) is 0 Å². The normalized spacial score (nSPS) is 17.5. The number of benzene rings is 1. The highest BCUT2D eigenvalue weighted by Crippen LogP contribution is 2.30. The highest BCUT2D eigenvalue weighted by Gasteiger charge is 2.37. The number of piperidine rings is 1. The fourth-order valence-corrected chi connectivity index (χ4v) is 6.53. The van der Waals surface area contributed by atoms with Crippen molar-refractivity contribution >= 4 is 19.9 Å². The maximum Gasteiger partial charge on any atom is 0.416 e. The van der Waals surface area contributed by atoms with E-state index in [2.05, 4.69) is 10.2 Å². The topological polar surface area (TPSA) is 102 Å². The van der Waals surface area contributed by atoms with E-state index in [1.807, 2.05) is 0 Å². The Hall–Kier alpha value is -1.99. The summed E-state index contributed by atoms with van der Waals surface area (Å²) < 4.78 is 91.4. The van der Waals surface area contributed by atoms with Gasteiger partial charge in [0, 0.05) is 20.1 Å². The molecule has 1 fully saturated rings. The van der Waals surface area contributed by atoms with Crippen LogP contribution in [0.1, 0.15) is 24.0 Å². The first-order chi connectivity index (χ1) is 13.4. The average Bonchev–Trinajstić information content (AvgIpc) is 3.08. The Labute approximate surface area is 166 Å². The summed E-state index contributed by atoms with van der Waals surface area (Å²) in [7, 11) is -6.15. The van der Waals surface area contributed by atoms with Crippen LogP contribution in [0.4, 0.5) is 13.2 Å². The van der Waals surface area contributed by atoms with Crippen molar-refractivity contribution < 1.29 is 30.0 Å².